The monoisotopic (exact) mass is 387 g/mol. The van der Waals surface area contributed by atoms with Gasteiger partial charge in [0.2, 0.25) is 5.91 Å². The third-order valence-electron chi connectivity index (χ3n) is 4.31. The fourth-order valence-electron chi connectivity index (χ4n) is 2.70. The summed E-state index contributed by atoms with van der Waals surface area (Å²) in [5, 5.41) is 11.0. The second kappa shape index (κ2) is 7.15. The minimum Gasteiger partial charge on any atom is -0.325 e. The molecular weight excluding hydrogens is 366 g/mol. The van der Waals surface area contributed by atoms with E-state index in [2.05, 4.69) is 41.3 Å². The van der Waals surface area contributed by atoms with Gasteiger partial charge in [-0.2, -0.15) is 4.63 Å². The quantitative estimate of drug-likeness (QED) is 0.650. The van der Waals surface area contributed by atoms with Gasteiger partial charge in [-0.15, -0.1) is 5.10 Å². The molecule has 0 radical (unpaired) electrons. The molecule has 7 nitrogen and oxygen atoms in total. The van der Waals surface area contributed by atoms with Crippen molar-refractivity contribution in [3.8, 4) is 11.4 Å². The predicted octanol–water partition coefficient (Wildman–Crippen LogP) is 3.84. The smallest absolute Gasteiger partial charge is 0.227 e. The van der Waals surface area contributed by atoms with E-state index in [9.17, 15) is 9.59 Å². The average Bonchev–Trinajstić information content (AvgIpc) is 3.15. The van der Waals surface area contributed by atoms with Crippen LogP contribution in [0.25, 0.3) is 17.0 Å². The molecule has 2 N–H and O–H groups in total. The van der Waals surface area contributed by atoms with Crippen LogP contribution in [0.15, 0.2) is 24.3 Å². The van der Waals surface area contributed by atoms with Crippen LogP contribution in [-0.4, -0.2) is 32.0 Å². The molecule has 0 spiro atoms. The Labute approximate surface area is 162 Å². The van der Waals surface area contributed by atoms with Gasteiger partial charge < -0.3 is 10.1 Å². The average molecular weight is 388 g/mol. The molecule has 0 aliphatic carbocycles. The fraction of sp³-hybridized carbons (Fsp3) is 0.368. The number of aldehydes is 1. The molecular formula is C19H22ClN5O2. The molecule has 8 heteroatoms. The maximum Gasteiger partial charge on any atom is 0.227 e. The maximum atomic E-state index is 12.3. The predicted molar refractivity (Wildman–Crippen MR) is 105 cm³/mol. The molecule has 1 aromatic carbocycles. The summed E-state index contributed by atoms with van der Waals surface area (Å²) in [5.74, 6) is -0.196. The van der Waals surface area contributed by atoms with E-state index < -0.39 is 5.92 Å². The first kappa shape index (κ1) is 19.1. The number of aromatic amines is 1. The summed E-state index contributed by atoms with van der Waals surface area (Å²) in [6.07, 6.45) is 0.912. The number of carbonyl (C=O) groups is 2. The van der Waals surface area contributed by atoms with Crippen LogP contribution in [0.2, 0.25) is 5.02 Å². The Balaban J connectivity index is 1.98. The molecule has 2 aromatic heterocycles. The number of fused-ring (bicyclic) bond motifs is 1. The van der Waals surface area contributed by atoms with Crippen LogP contribution in [0.5, 0.6) is 0 Å². The van der Waals surface area contributed by atoms with E-state index in [-0.39, 0.29) is 17.7 Å². The van der Waals surface area contributed by atoms with E-state index in [1.165, 1.54) is 0 Å². The molecule has 0 bridgehead atoms. The van der Waals surface area contributed by atoms with E-state index in [4.69, 9.17) is 11.6 Å². The third-order valence-corrected chi connectivity index (χ3v) is 4.67. The highest BCUT2D eigenvalue weighted by atomic mass is 35.5. The Kier molecular flexibility index (Phi) is 5.06. The van der Waals surface area contributed by atoms with Gasteiger partial charge in [0.05, 0.1) is 11.4 Å². The summed E-state index contributed by atoms with van der Waals surface area (Å²) < 4.78 is 1.55. The zero-order valence-electron chi connectivity index (χ0n) is 15.7. The number of H-pyrrole nitrogens is 1. The number of amides is 1. The maximum absolute atomic E-state index is 12.3. The van der Waals surface area contributed by atoms with Crippen LogP contribution in [0.3, 0.4) is 0 Å². The van der Waals surface area contributed by atoms with Crippen molar-refractivity contribution in [2.24, 2.45) is 5.92 Å². The minimum absolute atomic E-state index is 0.166. The van der Waals surface area contributed by atoms with Crippen molar-refractivity contribution in [2.45, 2.75) is 39.5 Å². The summed E-state index contributed by atoms with van der Waals surface area (Å²) in [6.45, 7) is 7.86. The third kappa shape index (κ3) is 3.73. The molecule has 1 unspecified atom stereocenters. The zero-order chi connectivity index (χ0) is 19.8. The number of rotatable bonds is 5. The van der Waals surface area contributed by atoms with Gasteiger partial charge in [0.15, 0.2) is 11.5 Å². The zero-order valence-corrected chi connectivity index (χ0v) is 16.5. The van der Waals surface area contributed by atoms with Gasteiger partial charge in [0, 0.05) is 23.3 Å². The lowest BCUT2D eigenvalue weighted by atomic mass is 9.92. The first-order chi connectivity index (χ1) is 12.7. The van der Waals surface area contributed by atoms with Crippen molar-refractivity contribution in [3.05, 3.63) is 35.0 Å². The van der Waals surface area contributed by atoms with Crippen molar-refractivity contribution >= 4 is 35.1 Å². The van der Waals surface area contributed by atoms with E-state index in [0.717, 1.165) is 12.0 Å². The van der Waals surface area contributed by atoms with Gasteiger partial charge in [-0.3, -0.25) is 9.89 Å². The summed E-state index contributed by atoms with van der Waals surface area (Å²) in [4.78, 5) is 27.5. The molecule has 142 valence electrons. The Morgan fingerprint density at radius 1 is 1.37 bits per heavy atom. The van der Waals surface area contributed by atoms with Crippen molar-refractivity contribution in [3.63, 3.8) is 0 Å². The van der Waals surface area contributed by atoms with E-state index >= 15 is 0 Å². The summed E-state index contributed by atoms with van der Waals surface area (Å²) >= 11 is 6.49. The topological polar surface area (TPSA) is 92.1 Å². The number of hydrogen-bond donors (Lipinski definition) is 2. The molecule has 27 heavy (non-hydrogen) atoms. The Morgan fingerprint density at radius 3 is 2.70 bits per heavy atom. The Bertz CT molecular complexity index is 999. The van der Waals surface area contributed by atoms with Crippen LogP contribution in [0, 0.1) is 5.92 Å². The highest BCUT2D eigenvalue weighted by Gasteiger charge is 2.25. The molecule has 0 saturated heterocycles. The summed E-state index contributed by atoms with van der Waals surface area (Å²) in [7, 11) is 0. The number of carbonyl (C=O) groups excluding carboxylic acids is 2. The van der Waals surface area contributed by atoms with Crippen molar-refractivity contribution in [1.82, 2.24) is 19.8 Å². The van der Waals surface area contributed by atoms with Crippen molar-refractivity contribution in [1.29, 1.82) is 0 Å². The molecule has 3 rings (SSSR count). The van der Waals surface area contributed by atoms with Crippen molar-refractivity contribution in [2.75, 3.05) is 5.32 Å². The van der Waals surface area contributed by atoms with E-state index in [1.807, 2.05) is 18.2 Å². The SMILES string of the molecule is CC(CC=O)C(=O)Nc1ccccc1-c1nc2c(Cl)c(C(C)(C)C)[nH]n2n1. The molecule has 0 aliphatic heterocycles. The summed E-state index contributed by atoms with van der Waals surface area (Å²) in [6, 6.07) is 7.26. The number of anilines is 1. The number of para-hydroxylation sites is 1. The number of nitrogens with zero attached hydrogens (tertiary/aromatic N) is 3. The van der Waals surface area contributed by atoms with Gasteiger partial charge in [-0.05, 0) is 12.1 Å². The van der Waals surface area contributed by atoms with Crippen molar-refractivity contribution < 1.29 is 9.59 Å². The standard InChI is InChI=1S/C19H22ClN5O2/c1-11(9-10-26)18(27)21-13-8-6-5-7-12(13)16-22-17-14(20)15(19(2,3)4)23-25(17)24-16/h5-8,10-11,23H,9H2,1-4H3,(H,21,27). The molecule has 2 heterocycles. The largest absolute Gasteiger partial charge is 0.325 e. The number of halogens is 1. The first-order valence-electron chi connectivity index (χ1n) is 8.71. The molecule has 0 fully saturated rings. The highest BCUT2D eigenvalue weighted by molar-refractivity contribution is 6.34. The Hall–Kier alpha value is -2.67. The van der Waals surface area contributed by atoms with E-state index in [0.29, 0.717) is 27.7 Å². The second-order valence-corrected chi connectivity index (χ2v) is 7.94. The van der Waals surface area contributed by atoms with Crippen LogP contribution in [-0.2, 0) is 15.0 Å². The van der Waals surface area contributed by atoms with Crippen LogP contribution in [0.4, 0.5) is 5.69 Å². The fourth-order valence-corrected chi connectivity index (χ4v) is 3.15. The minimum atomic E-state index is -0.413. The number of aromatic nitrogens is 4. The number of hydrogen-bond acceptors (Lipinski definition) is 4. The molecule has 1 atom stereocenters. The first-order valence-corrected chi connectivity index (χ1v) is 9.08. The van der Waals surface area contributed by atoms with Crippen LogP contribution >= 0.6 is 11.6 Å². The Morgan fingerprint density at radius 2 is 2.07 bits per heavy atom. The van der Waals surface area contributed by atoms with Gasteiger partial charge in [0.1, 0.15) is 11.3 Å². The number of benzene rings is 1. The molecule has 1 amide bonds. The van der Waals surface area contributed by atoms with Gasteiger partial charge in [-0.1, -0.05) is 51.4 Å². The lowest BCUT2D eigenvalue weighted by Crippen LogP contribution is -2.21. The molecule has 0 aliphatic rings. The van der Waals surface area contributed by atoms with E-state index in [1.54, 1.807) is 17.6 Å². The lowest BCUT2D eigenvalue weighted by molar-refractivity contribution is -0.121. The lowest BCUT2D eigenvalue weighted by Gasteiger charge is -2.16. The number of nitrogens with one attached hydrogen (secondary N) is 2. The summed E-state index contributed by atoms with van der Waals surface area (Å²) in [5.41, 5.74) is 2.48. The normalized spacial score (nSPS) is 12.9. The molecule has 3 aromatic rings. The van der Waals surface area contributed by atoms with Crippen LogP contribution < -0.4 is 5.32 Å². The molecule has 0 saturated carbocycles. The van der Waals surface area contributed by atoms with Gasteiger partial charge in [-0.25, -0.2) is 4.98 Å². The van der Waals surface area contributed by atoms with Crippen LogP contribution in [0.1, 0.15) is 39.8 Å². The highest BCUT2D eigenvalue weighted by Crippen LogP contribution is 2.33. The van der Waals surface area contributed by atoms with Gasteiger partial charge >= 0.3 is 0 Å². The van der Waals surface area contributed by atoms with Gasteiger partial charge in [0.25, 0.3) is 0 Å². The second-order valence-electron chi connectivity index (χ2n) is 7.56.